The van der Waals surface area contributed by atoms with E-state index in [1.807, 2.05) is 0 Å². The van der Waals surface area contributed by atoms with Crippen molar-refractivity contribution in [1.29, 1.82) is 0 Å². The minimum Gasteiger partial charge on any atom is -0.389 e. The summed E-state index contributed by atoms with van der Waals surface area (Å²) in [6, 6.07) is 1.40. The Labute approximate surface area is 217 Å². The summed E-state index contributed by atoms with van der Waals surface area (Å²) in [6.45, 7) is 0.153. The maximum Gasteiger partial charge on any atom is 0.290 e. The molecular weight excluding hydrogens is 509 g/mol. The first kappa shape index (κ1) is 25.0. The van der Waals surface area contributed by atoms with Crippen molar-refractivity contribution >= 4 is 57.7 Å². The molecule has 4 N–H and O–H groups in total. The number of aromatic amines is 1. The lowest BCUT2D eigenvalue weighted by atomic mass is 9.92. The Kier molecular flexibility index (Phi) is 6.93. The zero-order valence-electron chi connectivity index (χ0n) is 19.4. The van der Waals surface area contributed by atoms with Gasteiger partial charge < -0.3 is 25.6 Å². The monoisotopic (exact) mass is 535 g/mol. The van der Waals surface area contributed by atoms with Gasteiger partial charge in [0.15, 0.2) is 11.6 Å². The Morgan fingerprint density at radius 2 is 1.97 bits per heavy atom. The number of likely N-dealkylation sites (tertiary alicyclic amines) is 1. The van der Waals surface area contributed by atoms with Crippen molar-refractivity contribution in [2.45, 2.75) is 44.2 Å². The standard InChI is InChI=1S/C24H27Cl2N5O5/c25-14-4-5-15(26)19-18(14)29-21(30-19)24(36)31-9-12-2-1-3-13(12)20(31)23(35)28-16(17(33)10-32)8-11-6-7-27-22(11)34/h4-5,11-13,16,20,32H,1-3,6-10H2,(H,27,34)(H,28,35)(H,29,30)/t11-,12-,13-,16-,20-/m0/s1. The van der Waals surface area contributed by atoms with Crippen molar-refractivity contribution in [3.05, 3.63) is 28.0 Å². The molecule has 1 aromatic heterocycles. The minimum absolute atomic E-state index is 0.0309. The van der Waals surface area contributed by atoms with Gasteiger partial charge in [-0.25, -0.2) is 4.98 Å². The highest BCUT2D eigenvalue weighted by Gasteiger charge is 2.50. The summed E-state index contributed by atoms with van der Waals surface area (Å²) >= 11 is 12.5. The summed E-state index contributed by atoms with van der Waals surface area (Å²) < 4.78 is 0. The molecule has 0 bridgehead atoms. The highest BCUT2D eigenvalue weighted by Crippen LogP contribution is 2.43. The van der Waals surface area contributed by atoms with Gasteiger partial charge in [-0.3, -0.25) is 19.2 Å². The number of nitrogens with one attached hydrogen (secondary N) is 3. The van der Waals surface area contributed by atoms with Crippen LogP contribution in [-0.4, -0.2) is 75.3 Å². The lowest BCUT2D eigenvalue weighted by Gasteiger charge is -2.28. The van der Waals surface area contributed by atoms with E-state index in [9.17, 15) is 24.3 Å². The average molecular weight is 536 g/mol. The van der Waals surface area contributed by atoms with E-state index >= 15 is 0 Å². The Hall–Kier alpha value is -2.69. The third kappa shape index (κ3) is 4.46. The molecule has 3 aliphatic rings. The van der Waals surface area contributed by atoms with Crippen molar-refractivity contribution in [2.75, 3.05) is 19.7 Å². The molecule has 3 heterocycles. The first-order valence-corrected chi connectivity index (χ1v) is 12.9. The van der Waals surface area contributed by atoms with Crippen LogP contribution < -0.4 is 10.6 Å². The molecule has 1 aromatic carbocycles. The molecule has 12 heteroatoms. The molecule has 36 heavy (non-hydrogen) atoms. The molecule has 0 spiro atoms. The van der Waals surface area contributed by atoms with Gasteiger partial charge in [-0.1, -0.05) is 29.6 Å². The SMILES string of the molecule is O=C1NCC[C@H]1C[C@H](NC(=O)[C@@H]1[C@H]2CCC[C@H]2CN1C(=O)c1nc2c(Cl)ccc(Cl)c2[nH]1)C(=O)CO. The third-order valence-electron chi connectivity index (χ3n) is 7.71. The number of benzene rings is 1. The largest absolute Gasteiger partial charge is 0.389 e. The van der Waals surface area contributed by atoms with Gasteiger partial charge in [-0.05, 0) is 49.7 Å². The molecule has 2 aliphatic heterocycles. The molecule has 192 valence electrons. The van der Waals surface area contributed by atoms with E-state index in [0.29, 0.717) is 40.6 Å². The van der Waals surface area contributed by atoms with Crippen molar-refractivity contribution in [1.82, 2.24) is 25.5 Å². The molecular formula is C24H27Cl2N5O5. The van der Waals surface area contributed by atoms with Gasteiger partial charge >= 0.3 is 0 Å². The summed E-state index contributed by atoms with van der Waals surface area (Å²) in [7, 11) is 0. The molecule has 2 saturated heterocycles. The predicted molar refractivity (Wildman–Crippen MR) is 132 cm³/mol. The quantitative estimate of drug-likeness (QED) is 0.424. The maximum atomic E-state index is 13.6. The first-order valence-electron chi connectivity index (χ1n) is 12.1. The molecule has 1 saturated carbocycles. The zero-order chi connectivity index (χ0) is 25.6. The van der Waals surface area contributed by atoms with Crippen molar-refractivity contribution in [3.63, 3.8) is 0 Å². The molecule has 3 fully saturated rings. The summed E-state index contributed by atoms with van der Waals surface area (Å²) in [5.74, 6) is -1.93. The van der Waals surface area contributed by atoms with E-state index < -0.39 is 42.2 Å². The predicted octanol–water partition coefficient (Wildman–Crippen LogP) is 1.68. The minimum atomic E-state index is -1.02. The van der Waals surface area contributed by atoms with Gasteiger partial charge in [-0.15, -0.1) is 0 Å². The van der Waals surface area contributed by atoms with Crippen LogP contribution in [-0.2, 0) is 14.4 Å². The van der Waals surface area contributed by atoms with E-state index in [0.717, 1.165) is 19.3 Å². The van der Waals surface area contributed by atoms with Gasteiger partial charge in [0.05, 0.1) is 21.6 Å². The van der Waals surface area contributed by atoms with E-state index in [4.69, 9.17) is 23.2 Å². The summed E-state index contributed by atoms with van der Waals surface area (Å²) in [5, 5.41) is 15.7. The number of ketones is 1. The highest BCUT2D eigenvalue weighted by molar-refractivity contribution is 6.39. The number of imidazole rings is 1. The smallest absolute Gasteiger partial charge is 0.290 e. The topological polar surface area (TPSA) is 144 Å². The summed E-state index contributed by atoms with van der Waals surface area (Å²) in [4.78, 5) is 60.5. The van der Waals surface area contributed by atoms with Crippen LogP contribution in [0.4, 0.5) is 0 Å². The van der Waals surface area contributed by atoms with Gasteiger partial charge in [-0.2, -0.15) is 0 Å². The fraction of sp³-hybridized carbons (Fsp3) is 0.542. The number of fused-ring (bicyclic) bond motifs is 2. The van der Waals surface area contributed by atoms with Gasteiger partial charge in [0.25, 0.3) is 5.91 Å². The Balaban J connectivity index is 1.40. The van der Waals surface area contributed by atoms with Crippen LogP contribution in [0.5, 0.6) is 0 Å². The van der Waals surface area contributed by atoms with Crippen LogP contribution in [0.2, 0.25) is 10.0 Å². The number of H-pyrrole nitrogens is 1. The molecule has 5 rings (SSSR count). The average Bonchev–Trinajstić information content (AvgIpc) is 3.64. The van der Waals surface area contributed by atoms with Crippen molar-refractivity contribution in [3.8, 4) is 0 Å². The molecule has 10 nitrogen and oxygen atoms in total. The number of aliphatic hydroxyl groups excluding tert-OH is 1. The third-order valence-corrected chi connectivity index (χ3v) is 8.33. The van der Waals surface area contributed by atoms with E-state index in [1.165, 1.54) is 4.90 Å². The van der Waals surface area contributed by atoms with Crippen LogP contribution in [0.25, 0.3) is 11.0 Å². The second-order valence-electron chi connectivity index (χ2n) is 9.79. The van der Waals surface area contributed by atoms with Gasteiger partial charge in [0, 0.05) is 19.0 Å². The lowest BCUT2D eigenvalue weighted by molar-refractivity contribution is -0.133. The fourth-order valence-corrected chi connectivity index (χ4v) is 6.31. The Morgan fingerprint density at radius 1 is 1.19 bits per heavy atom. The Morgan fingerprint density at radius 3 is 2.67 bits per heavy atom. The summed E-state index contributed by atoms with van der Waals surface area (Å²) in [5.41, 5.74) is 0.813. The molecule has 2 aromatic rings. The van der Waals surface area contributed by atoms with E-state index in [-0.39, 0.29) is 30.0 Å². The second kappa shape index (κ2) is 9.99. The maximum absolute atomic E-state index is 13.6. The van der Waals surface area contributed by atoms with Crippen LogP contribution >= 0.6 is 23.2 Å². The molecule has 1 aliphatic carbocycles. The zero-order valence-corrected chi connectivity index (χ0v) is 20.9. The number of carbonyl (C=O) groups is 4. The fourth-order valence-electron chi connectivity index (χ4n) is 5.91. The number of hydrogen-bond acceptors (Lipinski definition) is 6. The number of halogens is 2. The molecule has 0 radical (unpaired) electrons. The number of aromatic nitrogens is 2. The molecule has 3 amide bonds. The number of amides is 3. The second-order valence-corrected chi connectivity index (χ2v) is 10.6. The number of rotatable bonds is 7. The lowest BCUT2D eigenvalue weighted by Crippen LogP contribution is -2.53. The van der Waals surface area contributed by atoms with Crippen LogP contribution in [0.15, 0.2) is 12.1 Å². The van der Waals surface area contributed by atoms with E-state index in [1.54, 1.807) is 12.1 Å². The van der Waals surface area contributed by atoms with Crippen molar-refractivity contribution < 1.29 is 24.3 Å². The molecule has 0 unspecified atom stereocenters. The number of hydrogen-bond donors (Lipinski definition) is 4. The number of nitrogens with zero attached hydrogens (tertiary/aromatic N) is 2. The van der Waals surface area contributed by atoms with Gasteiger partial charge in [0.2, 0.25) is 11.8 Å². The van der Waals surface area contributed by atoms with Crippen LogP contribution in [0.1, 0.15) is 42.7 Å². The normalized spacial score (nSPS) is 26.2. The van der Waals surface area contributed by atoms with Gasteiger partial charge in [0.1, 0.15) is 18.2 Å². The molecule has 5 atom stereocenters. The van der Waals surface area contributed by atoms with Crippen LogP contribution in [0, 0.1) is 17.8 Å². The van der Waals surface area contributed by atoms with Crippen LogP contribution in [0.3, 0.4) is 0 Å². The van der Waals surface area contributed by atoms with E-state index in [2.05, 4.69) is 20.6 Å². The summed E-state index contributed by atoms with van der Waals surface area (Å²) in [6.07, 6.45) is 3.30. The Bertz CT molecular complexity index is 1190. The number of Topliss-reactive ketones (excluding diaryl/α,β-unsaturated/α-hetero) is 1. The first-order chi connectivity index (χ1) is 17.3. The highest BCUT2D eigenvalue weighted by atomic mass is 35.5. The number of aliphatic hydroxyl groups is 1. The number of carbonyl (C=O) groups excluding carboxylic acids is 4. The van der Waals surface area contributed by atoms with Crippen molar-refractivity contribution in [2.24, 2.45) is 17.8 Å².